The number of carbonyl (C=O) groups is 1. The van der Waals surface area contributed by atoms with E-state index in [9.17, 15) is 9.90 Å². The van der Waals surface area contributed by atoms with Crippen LogP contribution in [0.3, 0.4) is 0 Å². The predicted molar refractivity (Wildman–Crippen MR) is 46.9 cm³/mol. The van der Waals surface area contributed by atoms with Crippen molar-refractivity contribution in [3.8, 4) is 0 Å². The average molecular weight is 225 g/mol. The summed E-state index contributed by atoms with van der Waals surface area (Å²) in [5.74, 6) is -0.285. The molecule has 1 aliphatic rings. The van der Waals surface area contributed by atoms with Gasteiger partial charge in [0.15, 0.2) is 0 Å². The number of piperazine rings is 1. The first kappa shape index (κ1) is 15.0. The predicted octanol–water partition coefficient (Wildman–Crippen LogP) is -5.55. The van der Waals surface area contributed by atoms with E-state index in [2.05, 4.69) is 4.90 Å². The van der Waals surface area contributed by atoms with Crippen molar-refractivity contribution in [1.82, 2.24) is 9.80 Å². The van der Waals surface area contributed by atoms with Crippen molar-refractivity contribution in [2.75, 3.05) is 45.9 Å². The van der Waals surface area contributed by atoms with Crippen LogP contribution in [0.4, 0.5) is 0 Å². The Bertz CT molecular complexity index is 172. The molecule has 14 heavy (non-hydrogen) atoms. The molecule has 0 radical (unpaired) electrons. The second kappa shape index (κ2) is 8.17. The third-order valence-electron chi connectivity index (χ3n) is 2.29. The maximum Gasteiger partial charge on any atom is 1.00 e. The largest absolute Gasteiger partial charge is 1.00 e. The number of rotatable bonds is 3. The summed E-state index contributed by atoms with van der Waals surface area (Å²) in [7, 11) is 0. The zero-order valence-electron chi connectivity index (χ0n) is 8.74. The van der Waals surface area contributed by atoms with Crippen molar-refractivity contribution in [2.45, 2.75) is 0 Å². The first-order valence-electron chi connectivity index (χ1n) is 4.56. The number of hydrogen-bond donors (Lipinski definition) is 1. The molecule has 6 heteroatoms. The minimum atomic E-state index is -0.628. The van der Waals surface area contributed by atoms with Gasteiger partial charge >= 0.3 is 51.4 Å². The molecule has 76 valence electrons. The molecule has 0 aliphatic carbocycles. The summed E-state index contributed by atoms with van der Waals surface area (Å²) in [6.07, 6.45) is 0. The molecule has 0 aromatic rings. The average Bonchev–Trinajstić information content (AvgIpc) is 2.18. The molecule has 1 fully saturated rings. The van der Waals surface area contributed by atoms with Crippen molar-refractivity contribution in [1.29, 1.82) is 0 Å². The summed E-state index contributed by atoms with van der Waals surface area (Å²) in [6.45, 7) is 3.90. The molecule has 0 aromatic carbocycles. The summed E-state index contributed by atoms with van der Waals surface area (Å²) in [4.78, 5) is 14.8. The van der Waals surface area contributed by atoms with Crippen LogP contribution in [0.1, 0.15) is 0 Å². The van der Waals surface area contributed by atoms with Crippen LogP contribution in [0.2, 0.25) is 0 Å². The van der Waals surface area contributed by atoms with E-state index in [0.717, 1.165) is 19.6 Å². The topological polar surface area (TPSA) is 72.6 Å². The molecular formula is C8H16KN3O2. The van der Waals surface area contributed by atoms with Gasteiger partial charge in [0, 0.05) is 39.3 Å². The van der Waals surface area contributed by atoms with Crippen LogP contribution in [0.25, 0.3) is 0 Å². The van der Waals surface area contributed by atoms with Gasteiger partial charge in [-0.3, -0.25) is 9.69 Å². The first-order valence-corrected chi connectivity index (χ1v) is 4.56. The van der Waals surface area contributed by atoms with E-state index in [1.165, 1.54) is 0 Å². The van der Waals surface area contributed by atoms with Gasteiger partial charge in [-0.15, -0.1) is 0 Å². The van der Waals surface area contributed by atoms with Gasteiger partial charge in [-0.25, -0.2) is 0 Å². The molecule has 0 bridgehead atoms. The molecule has 1 saturated heterocycles. The summed E-state index contributed by atoms with van der Waals surface area (Å²) >= 11 is 0. The SMILES string of the molecule is NCCN1CCN(C(=O)C[O-])CC1.[K+]. The third-order valence-corrected chi connectivity index (χ3v) is 2.29. The summed E-state index contributed by atoms with van der Waals surface area (Å²) in [5, 5.41) is 10.3. The molecule has 0 aromatic heterocycles. The Morgan fingerprint density at radius 3 is 2.29 bits per heavy atom. The normalized spacial score (nSPS) is 17.7. The Balaban J connectivity index is 0.00000169. The second-order valence-corrected chi connectivity index (χ2v) is 3.16. The van der Waals surface area contributed by atoms with Gasteiger partial charge in [0.25, 0.3) is 0 Å². The maximum absolute atomic E-state index is 11.0. The molecule has 0 saturated carbocycles. The van der Waals surface area contributed by atoms with Crippen molar-refractivity contribution in [3.05, 3.63) is 0 Å². The third kappa shape index (κ3) is 4.67. The van der Waals surface area contributed by atoms with Crippen LogP contribution in [0, 0.1) is 0 Å². The maximum atomic E-state index is 11.0. The van der Waals surface area contributed by atoms with Gasteiger partial charge in [0.05, 0.1) is 0 Å². The Hall–Kier alpha value is 0.986. The number of nitrogens with zero attached hydrogens (tertiary/aromatic N) is 2. The van der Waals surface area contributed by atoms with Crippen molar-refractivity contribution >= 4 is 5.91 Å². The van der Waals surface area contributed by atoms with Crippen LogP contribution in [0.15, 0.2) is 0 Å². The van der Waals surface area contributed by atoms with Crippen LogP contribution in [-0.2, 0) is 4.79 Å². The monoisotopic (exact) mass is 225 g/mol. The summed E-state index contributed by atoms with van der Waals surface area (Å²) in [6, 6.07) is 0. The van der Waals surface area contributed by atoms with E-state index in [-0.39, 0.29) is 57.3 Å². The Morgan fingerprint density at radius 2 is 1.86 bits per heavy atom. The molecule has 0 atom stereocenters. The first-order chi connectivity index (χ1) is 6.27. The Morgan fingerprint density at radius 1 is 1.29 bits per heavy atom. The van der Waals surface area contributed by atoms with Gasteiger partial charge in [-0.05, 0) is 0 Å². The van der Waals surface area contributed by atoms with Crippen LogP contribution in [0.5, 0.6) is 0 Å². The van der Waals surface area contributed by atoms with Crippen LogP contribution in [-0.4, -0.2) is 61.6 Å². The molecular weight excluding hydrogens is 209 g/mol. The fourth-order valence-electron chi connectivity index (χ4n) is 1.49. The van der Waals surface area contributed by atoms with Crippen LogP contribution < -0.4 is 62.2 Å². The fourth-order valence-corrected chi connectivity index (χ4v) is 1.49. The second-order valence-electron chi connectivity index (χ2n) is 3.16. The van der Waals surface area contributed by atoms with Crippen molar-refractivity contribution < 1.29 is 61.3 Å². The van der Waals surface area contributed by atoms with Gasteiger partial charge in [-0.1, -0.05) is 6.61 Å². The van der Waals surface area contributed by atoms with E-state index in [1.807, 2.05) is 0 Å². The zero-order chi connectivity index (χ0) is 9.68. The van der Waals surface area contributed by atoms with Gasteiger partial charge in [0.2, 0.25) is 5.91 Å². The van der Waals surface area contributed by atoms with Crippen molar-refractivity contribution in [2.24, 2.45) is 5.73 Å². The van der Waals surface area contributed by atoms with E-state index >= 15 is 0 Å². The molecule has 1 amide bonds. The number of hydrogen-bond acceptors (Lipinski definition) is 4. The van der Waals surface area contributed by atoms with E-state index < -0.39 is 6.61 Å². The molecule has 1 aliphatic heterocycles. The summed E-state index contributed by atoms with van der Waals surface area (Å²) < 4.78 is 0. The minimum Gasteiger partial charge on any atom is -0.848 e. The fraction of sp³-hybridized carbons (Fsp3) is 0.875. The van der Waals surface area contributed by atoms with E-state index in [0.29, 0.717) is 19.6 Å². The van der Waals surface area contributed by atoms with Crippen LogP contribution >= 0.6 is 0 Å². The number of carbonyl (C=O) groups excluding carboxylic acids is 1. The quantitative estimate of drug-likeness (QED) is 0.486. The molecule has 0 spiro atoms. The van der Waals surface area contributed by atoms with Gasteiger partial charge in [-0.2, -0.15) is 0 Å². The number of nitrogens with two attached hydrogens (primary N) is 1. The number of amides is 1. The molecule has 2 N–H and O–H groups in total. The van der Waals surface area contributed by atoms with Gasteiger partial charge in [0.1, 0.15) is 0 Å². The van der Waals surface area contributed by atoms with Crippen molar-refractivity contribution in [3.63, 3.8) is 0 Å². The summed E-state index contributed by atoms with van der Waals surface area (Å²) in [5.41, 5.74) is 5.41. The molecule has 0 unspecified atom stereocenters. The minimum absolute atomic E-state index is 0. The van der Waals surface area contributed by atoms with E-state index in [1.54, 1.807) is 4.90 Å². The zero-order valence-corrected chi connectivity index (χ0v) is 11.9. The smallest absolute Gasteiger partial charge is 0.848 e. The Labute approximate surface area is 127 Å². The van der Waals surface area contributed by atoms with E-state index in [4.69, 9.17) is 5.73 Å². The standard InChI is InChI=1S/C8H16N3O2.K/c9-1-2-10-3-5-11(6-4-10)8(13)7-12;/h1-7,9H2;/q-1;+1. The molecule has 5 nitrogen and oxygen atoms in total. The molecule has 1 rings (SSSR count). The molecule has 1 heterocycles. The van der Waals surface area contributed by atoms with Gasteiger partial charge < -0.3 is 15.7 Å². The Kier molecular flexibility index (Phi) is 8.75.